The van der Waals surface area contributed by atoms with Gasteiger partial charge < -0.3 is 9.80 Å². The fourth-order valence-electron chi connectivity index (χ4n) is 6.54. The normalized spacial score (nSPS) is 15.1. The van der Waals surface area contributed by atoms with Gasteiger partial charge in [-0.2, -0.15) is 0 Å². The molecule has 0 spiro atoms. The minimum atomic E-state index is 0.641. The van der Waals surface area contributed by atoms with Gasteiger partial charge in [0.05, 0.1) is 0 Å². The summed E-state index contributed by atoms with van der Waals surface area (Å²) >= 11 is 0. The zero-order valence-corrected chi connectivity index (χ0v) is 28.3. The molecule has 0 saturated heterocycles. The SMILES string of the molecule is CCCCCCCCCCCCCCC1N(CCCCCCCCC)C=CN1CCCCCCCCCCCC. The van der Waals surface area contributed by atoms with E-state index < -0.39 is 0 Å². The van der Waals surface area contributed by atoms with E-state index in [1.54, 1.807) is 0 Å². The van der Waals surface area contributed by atoms with Gasteiger partial charge in [0.2, 0.25) is 0 Å². The highest BCUT2D eigenvalue weighted by Gasteiger charge is 2.24. The predicted octanol–water partition coefficient (Wildman–Crippen LogP) is 13.2. The minimum absolute atomic E-state index is 0.641. The first-order valence-electron chi connectivity index (χ1n) is 19.0. The molecular formula is C38H76N2. The Balaban J connectivity index is 2.22. The van der Waals surface area contributed by atoms with Crippen LogP contribution in [0, 0.1) is 0 Å². The van der Waals surface area contributed by atoms with E-state index >= 15 is 0 Å². The Bertz CT molecular complexity index is 516. The van der Waals surface area contributed by atoms with E-state index in [9.17, 15) is 0 Å². The molecule has 1 unspecified atom stereocenters. The quantitative estimate of drug-likeness (QED) is 0.0755. The lowest BCUT2D eigenvalue weighted by molar-refractivity contribution is 0.135. The Morgan fingerprint density at radius 2 is 0.575 bits per heavy atom. The van der Waals surface area contributed by atoms with Crippen molar-refractivity contribution in [2.75, 3.05) is 13.1 Å². The van der Waals surface area contributed by atoms with Crippen molar-refractivity contribution in [2.24, 2.45) is 0 Å². The van der Waals surface area contributed by atoms with Crippen molar-refractivity contribution in [3.05, 3.63) is 12.4 Å². The lowest BCUT2D eigenvalue weighted by atomic mass is 10.0. The van der Waals surface area contributed by atoms with Gasteiger partial charge in [-0.1, -0.05) is 188 Å². The molecule has 0 bridgehead atoms. The Morgan fingerprint density at radius 3 is 0.875 bits per heavy atom. The van der Waals surface area contributed by atoms with E-state index in [0.29, 0.717) is 6.17 Å². The van der Waals surface area contributed by atoms with E-state index in [-0.39, 0.29) is 0 Å². The summed E-state index contributed by atoms with van der Waals surface area (Å²) in [5.41, 5.74) is 0. The van der Waals surface area contributed by atoms with Crippen molar-refractivity contribution in [2.45, 2.75) is 220 Å². The first-order valence-corrected chi connectivity index (χ1v) is 19.0. The molecule has 0 aromatic heterocycles. The summed E-state index contributed by atoms with van der Waals surface area (Å²) in [6.45, 7) is 9.48. The van der Waals surface area contributed by atoms with Crippen molar-refractivity contribution in [3.63, 3.8) is 0 Å². The van der Waals surface area contributed by atoms with E-state index in [2.05, 4.69) is 43.0 Å². The van der Waals surface area contributed by atoms with Crippen LogP contribution in [0.2, 0.25) is 0 Å². The lowest BCUT2D eigenvalue weighted by Gasteiger charge is -2.33. The van der Waals surface area contributed by atoms with Crippen molar-refractivity contribution in [1.82, 2.24) is 9.80 Å². The van der Waals surface area contributed by atoms with Gasteiger partial charge in [-0.15, -0.1) is 0 Å². The molecule has 1 aliphatic heterocycles. The number of rotatable bonds is 32. The maximum absolute atomic E-state index is 2.71. The molecule has 1 rings (SSSR count). The third-order valence-corrected chi connectivity index (χ3v) is 9.32. The highest BCUT2D eigenvalue weighted by atomic mass is 15.4. The molecule has 1 heterocycles. The second kappa shape index (κ2) is 29.8. The summed E-state index contributed by atoms with van der Waals surface area (Å²) < 4.78 is 0. The maximum Gasteiger partial charge on any atom is 0.101 e. The number of nitrogens with zero attached hydrogens (tertiary/aromatic N) is 2. The number of hydrogen-bond acceptors (Lipinski definition) is 2. The fourth-order valence-corrected chi connectivity index (χ4v) is 6.54. The topological polar surface area (TPSA) is 6.48 Å². The molecule has 0 amide bonds. The Kier molecular flexibility index (Phi) is 27.9. The second-order valence-corrected chi connectivity index (χ2v) is 13.2. The summed E-state index contributed by atoms with van der Waals surface area (Å²) in [6.07, 6.45) is 48.4. The van der Waals surface area contributed by atoms with Gasteiger partial charge in [0.25, 0.3) is 0 Å². The molecule has 2 nitrogen and oxygen atoms in total. The average Bonchev–Trinajstić information content (AvgIpc) is 3.35. The highest BCUT2D eigenvalue weighted by Crippen LogP contribution is 2.24. The van der Waals surface area contributed by atoms with Gasteiger partial charge in [0.15, 0.2) is 0 Å². The molecule has 0 saturated carbocycles. The van der Waals surface area contributed by atoms with E-state index in [1.807, 2.05) is 0 Å². The molecule has 0 aliphatic carbocycles. The predicted molar refractivity (Wildman–Crippen MR) is 182 cm³/mol. The summed E-state index contributed by atoms with van der Waals surface area (Å²) in [4.78, 5) is 5.42. The first-order chi connectivity index (χ1) is 19.8. The zero-order valence-electron chi connectivity index (χ0n) is 28.3. The van der Waals surface area contributed by atoms with Gasteiger partial charge in [-0.3, -0.25) is 0 Å². The monoisotopic (exact) mass is 561 g/mol. The molecule has 0 radical (unpaired) electrons. The van der Waals surface area contributed by atoms with Crippen LogP contribution in [0.15, 0.2) is 12.4 Å². The summed E-state index contributed by atoms with van der Waals surface area (Å²) in [6, 6.07) is 0. The van der Waals surface area contributed by atoms with E-state index in [4.69, 9.17) is 0 Å². The van der Waals surface area contributed by atoms with Crippen LogP contribution in [0.3, 0.4) is 0 Å². The largest absolute Gasteiger partial charge is 0.356 e. The van der Waals surface area contributed by atoms with E-state index in [0.717, 1.165) is 0 Å². The van der Waals surface area contributed by atoms with Crippen LogP contribution in [0.5, 0.6) is 0 Å². The Morgan fingerprint density at radius 1 is 0.325 bits per heavy atom. The van der Waals surface area contributed by atoms with Crippen molar-refractivity contribution in [1.29, 1.82) is 0 Å². The van der Waals surface area contributed by atoms with Crippen molar-refractivity contribution in [3.8, 4) is 0 Å². The lowest BCUT2D eigenvalue weighted by Crippen LogP contribution is -2.39. The Labute approximate surface area is 254 Å². The molecule has 0 aromatic carbocycles. The third-order valence-electron chi connectivity index (χ3n) is 9.32. The van der Waals surface area contributed by atoms with Crippen LogP contribution in [0.4, 0.5) is 0 Å². The van der Waals surface area contributed by atoms with Crippen LogP contribution in [-0.4, -0.2) is 29.1 Å². The molecule has 1 aliphatic rings. The molecule has 1 atom stereocenters. The zero-order chi connectivity index (χ0) is 28.8. The van der Waals surface area contributed by atoms with Crippen LogP contribution in [0.1, 0.15) is 213 Å². The molecule has 0 fully saturated rings. The standard InChI is InChI=1S/C38H76N2/c1-4-7-10-13-16-18-20-21-22-24-27-30-33-38-39(34-31-28-25-15-12-9-6-3)36-37-40(38)35-32-29-26-23-19-17-14-11-8-5-2/h36-38H,4-35H2,1-3H3. The molecule has 238 valence electrons. The number of unbranched alkanes of at least 4 members (excludes halogenated alkanes) is 26. The molecule has 40 heavy (non-hydrogen) atoms. The first kappa shape index (κ1) is 37.4. The fraction of sp³-hybridized carbons (Fsp3) is 0.947. The van der Waals surface area contributed by atoms with Gasteiger partial charge >= 0.3 is 0 Å². The highest BCUT2D eigenvalue weighted by molar-refractivity contribution is 4.97. The van der Waals surface area contributed by atoms with Gasteiger partial charge in [-0.25, -0.2) is 0 Å². The third kappa shape index (κ3) is 22.0. The molecule has 0 N–H and O–H groups in total. The van der Waals surface area contributed by atoms with Crippen LogP contribution in [-0.2, 0) is 0 Å². The molecule has 2 heteroatoms. The van der Waals surface area contributed by atoms with Crippen LogP contribution in [0.25, 0.3) is 0 Å². The molecule has 0 aromatic rings. The smallest absolute Gasteiger partial charge is 0.101 e. The van der Waals surface area contributed by atoms with Gasteiger partial charge in [-0.05, 0) is 25.7 Å². The second-order valence-electron chi connectivity index (χ2n) is 13.2. The van der Waals surface area contributed by atoms with Crippen molar-refractivity contribution >= 4 is 0 Å². The summed E-state index contributed by atoms with van der Waals surface area (Å²) in [7, 11) is 0. The summed E-state index contributed by atoms with van der Waals surface area (Å²) in [5.74, 6) is 0. The number of hydrogen-bond donors (Lipinski definition) is 0. The van der Waals surface area contributed by atoms with Crippen molar-refractivity contribution < 1.29 is 0 Å². The van der Waals surface area contributed by atoms with Crippen LogP contribution >= 0.6 is 0 Å². The summed E-state index contributed by atoms with van der Waals surface area (Å²) in [5, 5.41) is 0. The van der Waals surface area contributed by atoms with Crippen LogP contribution < -0.4 is 0 Å². The Hall–Kier alpha value is -0.660. The van der Waals surface area contributed by atoms with Gasteiger partial charge in [0.1, 0.15) is 6.17 Å². The van der Waals surface area contributed by atoms with E-state index in [1.165, 1.54) is 206 Å². The van der Waals surface area contributed by atoms with Gasteiger partial charge in [0, 0.05) is 25.5 Å². The average molecular weight is 561 g/mol. The minimum Gasteiger partial charge on any atom is -0.356 e. The maximum atomic E-state index is 2.71. The molecular weight excluding hydrogens is 484 g/mol.